The number of nitrogens with zero attached hydrogens (tertiary/aromatic N) is 1. The fourth-order valence-corrected chi connectivity index (χ4v) is 2.37. The summed E-state index contributed by atoms with van der Waals surface area (Å²) >= 11 is 11.9. The van der Waals surface area contributed by atoms with Gasteiger partial charge in [-0.05, 0) is 24.6 Å². The first kappa shape index (κ1) is 17.6. The summed E-state index contributed by atoms with van der Waals surface area (Å²) in [5, 5.41) is 12.6. The maximum atomic E-state index is 12.0. The fraction of sp³-hybridized carbons (Fsp3) is 0.429. The molecule has 7 heteroatoms. The van der Waals surface area contributed by atoms with Crippen LogP contribution in [0.2, 0.25) is 10.0 Å². The minimum absolute atomic E-state index is 0.127. The number of aliphatic carboxylic acids is 1. The van der Waals surface area contributed by atoms with Crippen molar-refractivity contribution in [2.75, 3.05) is 13.6 Å². The Morgan fingerprint density at radius 2 is 1.95 bits per heavy atom. The van der Waals surface area contributed by atoms with Gasteiger partial charge in [0, 0.05) is 23.6 Å². The average Bonchev–Trinajstić information content (AvgIpc) is 2.37. The average molecular weight is 333 g/mol. The second-order valence-electron chi connectivity index (χ2n) is 4.96. The van der Waals surface area contributed by atoms with Gasteiger partial charge in [0.15, 0.2) is 0 Å². The van der Waals surface area contributed by atoms with Gasteiger partial charge in [0.1, 0.15) is 0 Å². The summed E-state index contributed by atoms with van der Waals surface area (Å²) in [6.07, 6.45) is 0. The third kappa shape index (κ3) is 5.10. The number of halogens is 2. The Bertz CT molecular complexity index is 537. The van der Waals surface area contributed by atoms with Gasteiger partial charge >= 0.3 is 12.0 Å². The Labute approximate surface area is 133 Å². The van der Waals surface area contributed by atoms with Crippen molar-refractivity contribution in [3.63, 3.8) is 0 Å². The Hall–Kier alpha value is -1.46. The highest BCUT2D eigenvalue weighted by Gasteiger charge is 2.19. The van der Waals surface area contributed by atoms with Crippen LogP contribution in [0, 0.1) is 5.92 Å². The van der Waals surface area contributed by atoms with E-state index in [0.29, 0.717) is 10.0 Å². The van der Waals surface area contributed by atoms with Gasteiger partial charge in [-0.3, -0.25) is 4.79 Å². The molecule has 0 bridgehead atoms. The van der Waals surface area contributed by atoms with E-state index in [0.717, 1.165) is 5.56 Å². The molecule has 2 amide bonds. The number of carboxylic acid groups (broad SMARTS) is 1. The molecule has 21 heavy (non-hydrogen) atoms. The van der Waals surface area contributed by atoms with Crippen LogP contribution in [-0.2, 0) is 4.79 Å². The molecule has 116 valence electrons. The summed E-state index contributed by atoms with van der Waals surface area (Å²) in [4.78, 5) is 24.1. The Morgan fingerprint density at radius 1 is 1.33 bits per heavy atom. The van der Waals surface area contributed by atoms with Crippen LogP contribution in [0.5, 0.6) is 0 Å². The predicted octanol–water partition coefficient (Wildman–Crippen LogP) is 3.42. The van der Waals surface area contributed by atoms with E-state index in [9.17, 15) is 9.59 Å². The molecule has 0 aliphatic heterocycles. The second kappa shape index (κ2) is 7.52. The number of carboxylic acids is 1. The molecular weight excluding hydrogens is 315 g/mol. The van der Waals surface area contributed by atoms with Crippen LogP contribution >= 0.6 is 23.2 Å². The maximum Gasteiger partial charge on any atom is 0.317 e. The topological polar surface area (TPSA) is 69.6 Å². The van der Waals surface area contributed by atoms with E-state index in [1.807, 2.05) is 0 Å². The van der Waals surface area contributed by atoms with Crippen molar-refractivity contribution in [1.82, 2.24) is 10.2 Å². The van der Waals surface area contributed by atoms with Gasteiger partial charge in [-0.2, -0.15) is 0 Å². The first-order valence-corrected chi connectivity index (χ1v) is 7.17. The minimum atomic E-state index is -0.941. The number of urea groups is 1. The van der Waals surface area contributed by atoms with Crippen molar-refractivity contribution in [2.24, 2.45) is 5.92 Å². The van der Waals surface area contributed by atoms with Crippen molar-refractivity contribution in [3.8, 4) is 0 Å². The van der Waals surface area contributed by atoms with E-state index < -0.39 is 11.9 Å². The highest BCUT2D eigenvalue weighted by molar-refractivity contribution is 6.35. The highest BCUT2D eigenvalue weighted by atomic mass is 35.5. The zero-order chi connectivity index (χ0) is 16.2. The number of hydrogen-bond donors (Lipinski definition) is 2. The van der Waals surface area contributed by atoms with Crippen molar-refractivity contribution in [2.45, 2.75) is 19.9 Å². The van der Waals surface area contributed by atoms with E-state index in [2.05, 4.69) is 5.32 Å². The maximum absolute atomic E-state index is 12.0. The van der Waals surface area contributed by atoms with Gasteiger partial charge in [0.05, 0.1) is 12.0 Å². The van der Waals surface area contributed by atoms with Crippen LogP contribution in [0.4, 0.5) is 4.79 Å². The lowest BCUT2D eigenvalue weighted by Crippen LogP contribution is -2.41. The molecule has 0 saturated carbocycles. The van der Waals surface area contributed by atoms with E-state index in [1.54, 1.807) is 39.1 Å². The molecule has 0 radical (unpaired) electrons. The van der Waals surface area contributed by atoms with E-state index in [-0.39, 0.29) is 18.6 Å². The number of rotatable bonds is 5. The zero-order valence-corrected chi connectivity index (χ0v) is 13.6. The minimum Gasteiger partial charge on any atom is -0.481 e. The second-order valence-corrected chi connectivity index (χ2v) is 5.80. The van der Waals surface area contributed by atoms with Crippen LogP contribution in [0.1, 0.15) is 25.5 Å². The van der Waals surface area contributed by atoms with Crippen molar-refractivity contribution in [3.05, 3.63) is 33.8 Å². The zero-order valence-electron chi connectivity index (χ0n) is 12.1. The molecule has 1 rings (SSSR count). The lowest BCUT2D eigenvalue weighted by molar-refractivity contribution is -0.141. The quantitative estimate of drug-likeness (QED) is 0.867. The number of carbonyl (C=O) groups is 2. The molecule has 1 aromatic rings. The summed E-state index contributed by atoms with van der Waals surface area (Å²) in [6, 6.07) is 4.38. The third-order valence-electron chi connectivity index (χ3n) is 3.08. The lowest BCUT2D eigenvalue weighted by atomic mass is 10.1. The Kier molecular flexibility index (Phi) is 6.30. The molecule has 0 saturated heterocycles. The molecule has 0 heterocycles. The third-order valence-corrected chi connectivity index (χ3v) is 3.65. The van der Waals surface area contributed by atoms with Gasteiger partial charge in [-0.25, -0.2) is 4.79 Å². The molecular formula is C14H18Cl2N2O3. The van der Waals surface area contributed by atoms with Gasteiger partial charge in [0.2, 0.25) is 0 Å². The van der Waals surface area contributed by atoms with Gasteiger partial charge in [-0.15, -0.1) is 0 Å². The van der Waals surface area contributed by atoms with Crippen LogP contribution in [0.15, 0.2) is 18.2 Å². The first-order chi connectivity index (χ1) is 9.72. The summed E-state index contributed by atoms with van der Waals surface area (Å²) in [6.45, 7) is 3.47. The fourth-order valence-electron chi connectivity index (χ4n) is 1.80. The summed E-state index contributed by atoms with van der Waals surface area (Å²) in [5.41, 5.74) is 0.745. The molecule has 2 unspecified atom stereocenters. The predicted molar refractivity (Wildman–Crippen MR) is 82.8 cm³/mol. The SMILES string of the molecule is CC(CN(C)C(=O)NC(C)c1ccc(Cl)cc1Cl)C(=O)O. The molecule has 2 N–H and O–H groups in total. The molecule has 5 nitrogen and oxygen atoms in total. The van der Waals surface area contributed by atoms with Crippen LogP contribution < -0.4 is 5.32 Å². The van der Waals surface area contributed by atoms with Crippen molar-refractivity contribution < 1.29 is 14.7 Å². The number of nitrogens with one attached hydrogen (secondary N) is 1. The normalized spacial score (nSPS) is 13.4. The number of carbonyl (C=O) groups excluding carboxylic acids is 1. The van der Waals surface area contributed by atoms with Crippen LogP contribution in [0.25, 0.3) is 0 Å². The summed E-state index contributed by atoms with van der Waals surface area (Å²) in [7, 11) is 1.55. The van der Waals surface area contributed by atoms with Gasteiger partial charge < -0.3 is 15.3 Å². The number of hydrogen-bond acceptors (Lipinski definition) is 2. The summed E-state index contributed by atoms with van der Waals surface area (Å²) in [5.74, 6) is -1.57. The lowest BCUT2D eigenvalue weighted by Gasteiger charge is -2.23. The number of amides is 2. The van der Waals surface area contributed by atoms with E-state index >= 15 is 0 Å². The molecule has 0 aliphatic carbocycles. The Balaban J connectivity index is 2.67. The van der Waals surface area contributed by atoms with E-state index in [1.165, 1.54) is 4.90 Å². The van der Waals surface area contributed by atoms with Crippen LogP contribution in [-0.4, -0.2) is 35.6 Å². The highest BCUT2D eigenvalue weighted by Crippen LogP contribution is 2.26. The van der Waals surface area contributed by atoms with E-state index in [4.69, 9.17) is 28.3 Å². The molecule has 0 aromatic heterocycles. The van der Waals surface area contributed by atoms with Crippen LogP contribution in [0.3, 0.4) is 0 Å². The van der Waals surface area contributed by atoms with Crippen molar-refractivity contribution in [1.29, 1.82) is 0 Å². The molecule has 0 spiro atoms. The van der Waals surface area contributed by atoms with Gasteiger partial charge in [-0.1, -0.05) is 36.2 Å². The van der Waals surface area contributed by atoms with Gasteiger partial charge in [0.25, 0.3) is 0 Å². The Morgan fingerprint density at radius 3 is 2.48 bits per heavy atom. The smallest absolute Gasteiger partial charge is 0.317 e. The molecule has 1 aromatic carbocycles. The van der Waals surface area contributed by atoms with Crippen molar-refractivity contribution >= 4 is 35.2 Å². The first-order valence-electron chi connectivity index (χ1n) is 6.41. The molecule has 2 atom stereocenters. The monoisotopic (exact) mass is 332 g/mol. The number of benzene rings is 1. The molecule has 0 aliphatic rings. The largest absolute Gasteiger partial charge is 0.481 e. The standard InChI is InChI=1S/C14H18Cl2N2O3/c1-8(13(19)20)7-18(3)14(21)17-9(2)11-5-4-10(15)6-12(11)16/h4-6,8-9H,7H2,1-3H3,(H,17,21)(H,19,20). The molecule has 0 fully saturated rings. The summed E-state index contributed by atoms with van der Waals surface area (Å²) < 4.78 is 0.